The number of benzene rings is 1. The number of carbonyl (C=O) groups is 2. The minimum atomic E-state index is -1.10. The van der Waals surface area contributed by atoms with Crippen LogP contribution in [0, 0.1) is 5.92 Å². The molecule has 0 spiro atoms. The van der Waals surface area contributed by atoms with Gasteiger partial charge in [0.2, 0.25) is 5.91 Å². The summed E-state index contributed by atoms with van der Waals surface area (Å²) in [4.78, 5) is 22.6. The van der Waals surface area contributed by atoms with Crippen LogP contribution in [0.15, 0.2) is 18.2 Å². The Morgan fingerprint density at radius 1 is 1.47 bits per heavy atom. The third kappa shape index (κ3) is 3.46. The maximum atomic E-state index is 11.7. The molecule has 2 N–H and O–H groups in total. The highest BCUT2D eigenvalue weighted by Crippen LogP contribution is 2.22. The molecular weight excluding hydrogens is 242 g/mol. The van der Waals surface area contributed by atoms with E-state index < -0.39 is 5.97 Å². The Bertz CT molecular complexity index is 445. The summed E-state index contributed by atoms with van der Waals surface area (Å²) in [5, 5.41) is 11.9. The molecule has 0 fully saturated rings. The van der Waals surface area contributed by atoms with Crippen LogP contribution in [0.5, 0.6) is 0 Å². The van der Waals surface area contributed by atoms with Gasteiger partial charge in [0.1, 0.15) is 0 Å². The van der Waals surface area contributed by atoms with Crippen LogP contribution in [0.1, 0.15) is 30.6 Å². The minimum Gasteiger partial charge on any atom is -0.478 e. The summed E-state index contributed by atoms with van der Waals surface area (Å²) in [5.74, 6) is -1.48. The molecule has 0 aliphatic carbocycles. The lowest BCUT2D eigenvalue weighted by Crippen LogP contribution is -2.21. The molecular formula is C12H14ClNO3. The highest BCUT2D eigenvalue weighted by atomic mass is 35.5. The van der Waals surface area contributed by atoms with Crippen molar-refractivity contribution in [3.63, 3.8) is 0 Å². The van der Waals surface area contributed by atoms with Crippen molar-refractivity contribution in [3.05, 3.63) is 28.8 Å². The van der Waals surface area contributed by atoms with Gasteiger partial charge in [-0.05, 0) is 24.6 Å². The van der Waals surface area contributed by atoms with Crippen molar-refractivity contribution in [2.24, 2.45) is 5.92 Å². The van der Waals surface area contributed by atoms with Gasteiger partial charge in [-0.2, -0.15) is 0 Å². The Morgan fingerprint density at radius 3 is 2.65 bits per heavy atom. The molecule has 0 unspecified atom stereocenters. The molecule has 5 heteroatoms. The monoisotopic (exact) mass is 255 g/mol. The molecule has 0 aliphatic rings. The summed E-state index contributed by atoms with van der Waals surface area (Å²) in [7, 11) is 0. The summed E-state index contributed by atoms with van der Waals surface area (Å²) in [6.07, 6.45) is 0.689. The molecule has 0 saturated heterocycles. The highest BCUT2D eigenvalue weighted by molar-refractivity contribution is 6.31. The van der Waals surface area contributed by atoms with Crippen LogP contribution in [-0.2, 0) is 4.79 Å². The molecule has 0 saturated carbocycles. The normalized spacial score (nSPS) is 11.9. The minimum absolute atomic E-state index is 0.0334. The number of hydrogen-bond acceptors (Lipinski definition) is 2. The zero-order chi connectivity index (χ0) is 13.0. The van der Waals surface area contributed by atoms with Gasteiger partial charge in [0.15, 0.2) is 0 Å². The molecule has 92 valence electrons. The van der Waals surface area contributed by atoms with Crippen LogP contribution in [0.2, 0.25) is 5.02 Å². The molecule has 0 radical (unpaired) electrons. The van der Waals surface area contributed by atoms with Gasteiger partial charge in [-0.1, -0.05) is 25.4 Å². The van der Waals surface area contributed by atoms with Gasteiger partial charge in [0.05, 0.1) is 11.3 Å². The number of aromatic carboxylic acids is 1. The maximum Gasteiger partial charge on any atom is 0.337 e. The Labute approximate surface area is 105 Å². The van der Waals surface area contributed by atoms with Gasteiger partial charge in [-0.15, -0.1) is 0 Å². The zero-order valence-corrected chi connectivity index (χ0v) is 10.4. The average molecular weight is 256 g/mol. The van der Waals surface area contributed by atoms with Crippen LogP contribution < -0.4 is 5.32 Å². The number of amides is 1. The fourth-order valence-electron chi connectivity index (χ4n) is 1.25. The SMILES string of the molecule is CC[C@H](C)C(=O)Nc1cc(Cl)ccc1C(=O)O. The average Bonchev–Trinajstić information content (AvgIpc) is 2.27. The number of nitrogens with one attached hydrogen (secondary N) is 1. The highest BCUT2D eigenvalue weighted by Gasteiger charge is 2.15. The predicted octanol–water partition coefficient (Wildman–Crippen LogP) is 3.02. The molecule has 1 aromatic rings. The van der Waals surface area contributed by atoms with Gasteiger partial charge in [0.25, 0.3) is 0 Å². The summed E-state index contributed by atoms with van der Waals surface area (Å²) >= 11 is 5.77. The van der Waals surface area contributed by atoms with Gasteiger partial charge in [0, 0.05) is 10.9 Å². The lowest BCUT2D eigenvalue weighted by atomic mass is 10.1. The third-order valence-corrected chi connectivity index (χ3v) is 2.76. The van der Waals surface area contributed by atoms with E-state index in [4.69, 9.17) is 16.7 Å². The van der Waals surface area contributed by atoms with Gasteiger partial charge >= 0.3 is 5.97 Å². The fourth-order valence-corrected chi connectivity index (χ4v) is 1.42. The predicted molar refractivity (Wildman–Crippen MR) is 66.5 cm³/mol. The lowest BCUT2D eigenvalue weighted by Gasteiger charge is -2.12. The number of halogens is 1. The van der Waals surface area contributed by atoms with Gasteiger partial charge in [-0.3, -0.25) is 4.79 Å². The van der Waals surface area contributed by atoms with Gasteiger partial charge < -0.3 is 10.4 Å². The molecule has 1 amide bonds. The molecule has 1 atom stereocenters. The van der Waals surface area contributed by atoms with E-state index in [-0.39, 0.29) is 23.1 Å². The number of anilines is 1. The van der Waals surface area contributed by atoms with Crippen molar-refractivity contribution in [1.29, 1.82) is 0 Å². The van der Waals surface area contributed by atoms with Crippen LogP contribution in [-0.4, -0.2) is 17.0 Å². The largest absolute Gasteiger partial charge is 0.478 e. The van der Waals surface area contributed by atoms with E-state index in [1.165, 1.54) is 18.2 Å². The first-order valence-electron chi connectivity index (χ1n) is 5.29. The fraction of sp³-hybridized carbons (Fsp3) is 0.333. The standard InChI is InChI=1S/C12H14ClNO3/c1-3-7(2)11(15)14-10-6-8(13)4-5-9(10)12(16)17/h4-7H,3H2,1-2H3,(H,14,15)(H,16,17)/t7-/m0/s1. The van der Waals surface area contributed by atoms with Crippen molar-refractivity contribution in [2.75, 3.05) is 5.32 Å². The van der Waals surface area contributed by atoms with Crippen LogP contribution in [0.3, 0.4) is 0 Å². The second-order valence-corrected chi connectivity index (χ2v) is 4.23. The van der Waals surface area contributed by atoms with Crippen molar-refractivity contribution in [3.8, 4) is 0 Å². The second kappa shape index (κ2) is 5.68. The first kappa shape index (κ1) is 13.5. The summed E-state index contributed by atoms with van der Waals surface area (Å²) < 4.78 is 0. The summed E-state index contributed by atoms with van der Waals surface area (Å²) in [5.41, 5.74) is 0.265. The first-order chi connectivity index (χ1) is 7.95. The van der Waals surface area contributed by atoms with E-state index in [0.29, 0.717) is 11.4 Å². The van der Waals surface area contributed by atoms with E-state index in [9.17, 15) is 9.59 Å². The lowest BCUT2D eigenvalue weighted by molar-refractivity contribution is -0.119. The smallest absolute Gasteiger partial charge is 0.337 e. The molecule has 1 rings (SSSR count). The van der Waals surface area contributed by atoms with E-state index in [1.54, 1.807) is 6.92 Å². The van der Waals surface area contributed by atoms with Crippen LogP contribution in [0.4, 0.5) is 5.69 Å². The Kier molecular flexibility index (Phi) is 4.52. The van der Waals surface area contributed by atoms with E-state index in [1.807, 2.05) is 6.92 Å². The molecule has 0 aliphatic heterocycles. The maximum absolute atomic E-state index is 11.7. The molecule has 0 heterocycles. The van der Waals surface area contributed by atoms with Crippen LogP contribution in [0.25, 0.3) is 0 Å². The molecule has 1 aromatic carbocycles. The summed E-state index contributed by atoms with van der Waals surface area (Å²) in [6.45, 7) is 3.67. The summed E-state index contributed by atoms with van der Waals surface area (Å²) in [6, 6.07) is 4.28. The number of carbonyl (C=O) groups excluding carboxylic acids is 1. The van der Waals surface area contributed by atoms with Crippen molar-refractivity contribution < 1.29 is 14.7 Å². The first-order valence-corrected chi connectivity index (χ1v) is 5.67. The van der Waals surface area contributed by atoms with Crippen molar-refractivity contribution in [2.45, 2.75) is 20.3 Å². The van der Waals surface area contributed by atoms with Crippen molar-refractivity contribution >= 4 is 29.2 Å². The zero-order valence-electron chi connectivity index (χ0n) is 9.66. The van der Waals surface area contributed by atoms with E-state index in [0.717, 1.165) is 0 Å². The molecule has 17 heavy (non-hydrogen) atoms. The Morgan fingerprint density at radius 2 is 2.12 bits per heavy atom. The van der Waals surface area contributed by atoms with Gasteiger partial charge in [-0.25, -0.2) is 4.79 Å². The Hall–Kier alpha value is -1.55. The number of hydrogen-bond donors (Lipinski definition) is 2. The molecule has 0 bridgehead atoms. The van der Waals surface area contributed by atoms with E-state index in [2.05, 4.69) is 5.32 Å². The topological polar surface area (TPSA) is 66.4 Å². The van der Waals surface area contributed by atoms with Crippen LogP contribution >= 0.6 is 11.6 Å². The Balaban J connectivity index is 3.00. The number of carboxylic acids is 1. The second-order valence-electron chi connectivity index (χ2n) is 3.79. The third-order valence-electron chi connectivity index (χ3n) is 2.53. The quantitative estimate of drug-likeness (QED) is 0.869. The van der Waals surface area contributed by atoms with E-state index >= 15 is 0 Å². The molecule has 0 aromatic heterocycles. The van der Waals surface area contributed by atoms with Crippen molar-refractivity contribution in [1.82, 2.24) is 0 Å². The number of carboxylic acid groups (broad SMARTS) is 1. The molecule has 4 nitrogen and oxygen atoms in total. The number of rotatable bonds is 4.